The van der Waals surface area contributed by atoms with Crippen molar-refractivity contribution in [2.45, 2.75) is 13.0 Å². The van der Waals surface area contributed by atoms with E-state index in [0.717, 1.165) is 11.3 Å². The number of nitrogens with one attached hydrogen (secondary N) is 1. The summed E-state index contributed by atoms with van der Waals surface area (Å²) in [4.78, 5) is 11.4. The van der Waals surface area contributed by atoms with Crippen molar-refractivity contribution in [2.75, 3.05) is 13.2 Å². The van der Waals surface area contributed by atoms with E-state index in [2.05, 4.69) is 5.32 Å². The third kappa shape index (κ3) is 5.46. The number of aliphatic hydroxyl groups excluding tert-OH is 1. The first-order chi connectivity index (χ1) is 10.8. The van der Waals surface area contributed by atoms with Crippen LogP contribution in [0.1, 0.15) is 12.0 Å². The molecule has 0 bridgehead atoms. The summed E-state index contributed by atoms with van der Waals surface area (Å²) in [5.41, 5.74) is 0.910. The van der Waals surface area contributed by atoms with Gasteiger partial charge in [0.25, 0.3) is 0 Å². The van der Waals surface area contributed by atoms with Gasteiger partial charge in [-0.15, -0.1) is 0 Å². The molecule has 116 valence electrons. The van der Waals surface area contributed by atoms with Crippen LogP contribution in [0.3, 0.4) is 0 Å². The van der Waals surface area contributed by atoms with Crippen LogP contribution in [0.15, 0.2) is 54.6 Å². The number of hydrogen-bond donors (Lipinski definition) is 2. The summed E-state index contributed by atoms with van der Waals surface area (Å²) in [6, 6.07) is 17.0. The molecule has 2 N–H and O–H groups in total. The van der Waals surface area contributed by atoms with Gasteiger partial charge in [0.05, 0.1) is 6.61 Å². The lowest BCUT2D eigenvalue weighted by Crippen LogP contribution is -2.24. The molecule has 0 aliphatic heterocycles. The van der Waals surface area contributed by atoms with Gasteiger partial charge in [-0.05, 0) is 29.8 Å². The standard InChI is InChI=1S/C17H19NO4/c19-10-5-11-21-17(20)18-13-14-6-4-9-16(12-14)22-15-7-2-1-3-8-15/h1-4,6-9,12,19H,5,10-11,13H2,(H,18,20). The molecule has 5 nitrogen and oxygen atoms in total. The highest BCUT2D eigenvalue weighted by atomic mass is 16.5. The van der Waals surface area contributed by atoms with Crippen LogP contribution in [0.25, 0.3) is 0 Å². The van der Waals surface area contributed by atoms with Crippen molar-refractivity contribution in [1.82, 2.24) is 5.32 Å². The number of benzene rings is 2. The average molecular weight is 301 g/mol. The highest BCUT2D eigenvalue weighted by Gasteiger charge is 2.03. The summed E-state index contributed by atoms with van der Waals surface area (Å²) in [5, 5.41) is 11.3. The Hall–Kier alpha value is -2.53. The van der Waals surface area contributed by atoms with E-state index in [1.54, 1.807) is 0 Å². The molecule has 0 radical (unpaired) electrons. The number of para-hydroxylation sites is 1. The predicted molar refractivity (Wildman–Crippen MR) is 82.8 cm³/mol. The summed E-state index contributed by atoms with van der Waals surface area (Å²) in [6.07, 6.45) is -0.0591. The Bertz CT molecular complexity index is 586. The lowest BCUT2D eigenvalue weighted by atomic mass is 10.2. The van der Waals surface area contributed by atoms with Crippen molar-refractivity contribution < 1.29 is 19.4 Å². The van der Waals surface area contributed by atoms with Crippen LogP contribution in [0.5, 0.6) is 11.5 Å². The Morgan fingerprint density at radius 2 is 1.82 bits per heavy atom. The van der Waals surface area contributed by atoms with Crippen molar-refractivity contribution in [1.29, 1.82) is 0 Å². The molecule has 0 aliphatic carbocycles. The molecule has 0 aliphatic rings. The Labute approximate surface area is 129 Å². The summed E-state index contributed by atoms with van der Waals surface area (Å²) in [7, 11) is 0. The van der Waals surface area contributed by atoms with E-state index in [1.807, 2.05) is 54.6 Å². The minimum absolute atomic E-state index is 0.00610. The molecule has 2 rings (SSSR count). The van der Waals surface area contributed by atoms with Crippen molar-refractivity contribution in [3.8, 4) is 11.5 Å². The zero-order valence-electron chi connectivity index (χ0n) is 12.2. The second-order valence-electron chi connectivity index (χ2n) is 4.63. The molecule has 2 aromatic carbocycles. The fourth-order valence-electron chi connectivity index (χ4n) is 1.80. The van der Waals surface area contributed by atoms with Gasteiger partial charge < -0.3 is 19.9 Å². The van der Waals surface area contributed by atoms with Crippen LogP contribution in [0, 0.1) is 0 Å². The Morgan fingerprint density at radius 1 is 1.05 bits per heavy atom. The first-order valence-corrected chi connectivity index (χ1v) is 7.11. The minimum atomic E-state index is -0.497. The van der Waals surface area contributed by atoms with Gasteiger partial charge in [-0.25, -0.2) is 4.79 Å². The van der Waals surface area contributed by atoms with Gasteiger partial charge in [-0.1, -0.05) is 30.3 Å². The molecule has 22 heavy (non-hydrogen) atoms. The van der Waals surface area contributed by atoms with Crippen LogP contribution in [0.2, 0.25) is 0 Å². The molecule has 0 saturated carbocycles. The highest BCUT2D eigenvalue weighted by molar-refractivity contribution is 5.67. The number of carbonyl (C=O) groups excluding carboxylic acids is 1. The number of alkyl carbamates (subject to hydrolysis) is 1. The summed E-state index contributed by atoms with van der Waals surface area (Å²) < 4.78 is 10.6. The molecule has 0 heterocycles. The first-order valence-electron chi connectivity index (χ1n) is 7.11. The third-order valence-corrected chi connectivity index (χ3v) is 2.85. The van der Waals surface area contributed by atoms with E-state index >= 15 is 0 Å². The predicted octanol–water partition coefficient (Wildman–Crippen LogP) is 3.09. The van der Waals surface area contributed by atoms with E-state index in [-0.39, 0.29) is 13.2 Å². The van der Waals surface area contributed by atoms with Crippen molar-refractivity contribution in [2.24, 2.45) is 0 Å². The Balaban J connectivity index is 1.85. The monoisotopic (exact) mass is 301 g/mol. The summed E-state index contributed by atoms with van der Waals surface area (Å²) in [6.45, 7) is 0.565. The first kappa shape index (κ1) is 15.9. The number of carbonyl (C=O) groups is 1. The van der Waals surface area contributed by atoms with Gasteiger partial charge in [0.15, 0.2) is 0 Å². The topological polar surface area (TPSA) is 67.8 Å². The molecule has 0 saturated heterocycles. The van der Waals surface area contributed by atoms with Crippen molar-refractivity contribution in [3.63, 3.8) is 0 Å². The van der Waals surface area contributed by atoms with E-state index in [9.17, 15) is 4.79 Å². The summed E-state index contributed by atoms with van der Waals surface area (Å²) in [5.74, 6) is 1.47. The number of ether oxygens (including phenoxy) is 2. The van der Waals surface area contributed by atoms with Gasteiger partial charge in [-0.3, -0.25) is 0 Å². The Kier molecular flexibility index (Phi) is 6.26. The molecule has 2 aromatic rings. The van der Waals surface area contributed by atoms with E-state index in [4.69, 9.17) is 14.6 Å². The maximum absolute atomic E-state index is 11.4. The quantitative estimate of drug-likeness (QED) is 0.771. The molecule has 5 heteroatoms. The molecule has 0 fully saturated rings. The fraction of sp³-hybridized carbons (Fsp3) is 0.235. The SMILES string of the molecule is O=C(NCc1cccc(Oc2ccccc2)c1)OCCCO. The molecule has 1 amide bonds. The maximum atomic E-state index is 11.4. The minimum Gasteiger partial charge on any atom is -0.457 e. The van der Waals surface area contributed by atoms with Crippen LogP contribution in [0.4, 0.5) is 4.79 Å². The van der Waals surface area contributed by atoms with Gasteiger partial charge in [0, 0.05) is 19.6 Å². The van der Waals surface area contributed by atoms with Crippen LogP contribution < -0.4 is 10.1 Å². The molecular weight excluding hydrogens is 282 g/mol. The molecule has 0 spiro atoms. The molecule has 0 unspecified atom stereocenters. The van der Waals surface area contributed by atoms with Gasteiger partial charge >= 0.3 is 6.09 Å². The zero-order valence-corrected chi connectivity index (χ0v) is 12.2. The number of amides is 1. The third-order valence-electron chi connectivity index (χ3n) is 2.85. The van der Waals surface area contributed by atoms with Crippen molar-refractivity contribution >= 4 is 6.09 Å². The van der Waals surface area contributed by atoms with Crippen LogP contribution in [-0.2, 0) is 11.3 Å². The second-order valence-corrected chi connectivity index (χ2v) is 4.63. The number of aliphatic hydroxyl groups is 1. The second kappa shape index (κ2) is 8.69. The van der Waals surface area contributed by atoms with Gasteiger partial charge in [0.1, 0.15) is 11.5 Å². The normalized spacial score (nSPS) is 10.0. The van der Waals surface area contributed by atoms with Crippen LogP contribution in [-0.4, -0.2) is 24.4 Å². The van der Waals surface area contributed by atoms with E-state index in [1.165, 1.54) is 0 Å². The highest BCUT2D eigenvalue weighted by Crippen LogP contribution is 2.21. The fourth-order valence-corrected chi connectivity index (χ4v) is 1.80. The molecule has 0 aromatic heterocycles. The zero-order chi connectivity index (χ0) is 15.6. The lowest BCUT2D eigenvalue weighted by Gasteiger charge is -2.09. The average Bonchev–Trinajstić information content (AvgIpc) is 2.55. The van der Waals surface area contributed by atoms with Gasteiger partial charge in [-0.2, -0.15) is 0 Å². The van der Waals surface area contributed by atoms with Crippen molar-refractivity contribution in [3.05, 3.63) is 60.2 Å². The largest absolute Gasteiger partial charge is 0.457 e. The lowest BCUT2D eigenvalue weighted by molar-refractivity contribution is 0.135. The smallest absolute Gasteiger partial charge is 0.407 e. The molecular formula is C17H19NO4. The number of hydrogen-bond acceptors (Lipinski definition) is 4. The number of rotatable bonds is 7. The molecule has 0 atom stereocenters. The van der Waals surface area contributed by atoms with Gasteiger partial charge in [0.2, 0.25) is 0 Å². The summed E-state index contributed by atoms with van der Waals surface area (Å²) >= 11 is 0. The maximum Gasteiger partial charge on any atom is 0.407 e. The van der Waals surface area contributed by atoms with Crippen LogP contribution >= 0.6 is 0 Å². The van der Waals surface area contributed by atoms with E-state index < -0.39 is 6.09 Å². The van der Waals surface area contributed by atoms with E-state index in [0.29, 0.717) is 18.7 Å². The Morgan fingerprint density at radius 3 is 2.59 bits per heavy atom.